The van der Waals surface area contributed by atoms with E-state index in [0.29, 0.717) is 17.7 Å². The van der Waals surface area contributed by atoms with Gasteiger partial charge in [-0.1, -0.05) is 52.3 Å². The number of benzene rings is 3. The minimum atomic E-state index is -0.835. The van der Waals surface area contributed by atoms with Crippen molar-refractivity contribution in [2.24, 2.45) is 0 Å². The third-order valence-corrected chi connectivity index (χ3v) is 7.15. The van der Waals surface area contributed by atoms with Gasteiger partial charge in [0.05, 0.1) is 17.0 Å². The minimum Gasteiger partial charge on any atom is -0.481 e. The molecule has 0 bridgehead atoms. The zero-order chi connectivity index (χ0) is 25.8. The minimum absolute atomic E-state index is 0.0503. The molecule has 5 rings (SSSR count). The number of nitrogens with zero attached hydrogens (tertiary/aromatic N) is 1. The summed E-state index contributed by atoms with van der Waals surface area (Å²) in [5.41, 5.74) is 6.67. The van der Waals surface area contributed by atoms with E-state index in [1.807, 2.05) is 54.6 Å². The molecule has 37 heavy (non-hydrogen) atoms. The number of aliphatic carboxylic acids is 1. The number of halogens is 1. The molecule has 0 saturated carbocycles. The molecule has 190 valence electrons. The average molecular weight is 561 g/mol. The zero-order valence-corrected chi connectivity index (χ0v) is 22.0. The number of piperazine rings is 1. The summed E-state index contributed by atoms with van der Waals surface area (Å²) >= 11 is 3.48. The van der Waals surface area contributed by atoms with E-state index in [1.165, 1.54) is 5.56 Å². The lowest BCUT2D eigenvalue weighted by molar-refractivity contribution is -0.137. The molecular formula is C29H29BrN4O3. The van der Waals surface area contributed by atoms with Crippen molar-refractivity contribution in [1.29, 1.82) is 0 Å². The highest BCUT2D eigenvalue weighted by molar-refractivity contribution is 9.10. The summed E-state index contributed by atoms with van der Waals surface area (Å²) in [6.45, 7) is 5.02. The van der Waals surface area contributed by atoms with E-state index in [2.05, 4.69) is 48.9 Å². The first-order valence-electron chi connectivity index (χ1n) is 12.4. The highest BCUT2D eigenvalue weighted by atomic mass is 79.9. The van der Waals surface area contributed by atoms with E-state index >= 15 is 0 Å². The predicted octanol–water partition coefficient (Wildman–Crippen LogP) is 4.80. The van der Waals surface area contributed by atoms with E-state index in [9.17, 15) is 9.59 Å². The van der Waals surface area contributed by atoms with Gasteiger partial charge in [0, 0.05) is 54.9 Å². The molecule has 2 aliphatic heterocycles. The number of carboxylic acid groups (broad SMARTS) is 1. The van der Waals surface area contributed by atoms with Crippen LogP contribution in [0.2, 0.25) is 0 Å². The lowest BCUT2D eigenvalue weighted by atomic mass is 9.97. The molecule has 0 unspecified atom stereocenters. The lowest BCUT2D eigenvalue weighted by Gasteiger charge is -2.27. The molecule has 2 heterocycles. The molecule has 1 fully saturated rings. The summed E-state index contributed by atoms with van der Waals surface area (Å²) in [6.07, 6.45) is 0.469. The van der Waals surface area contributed by atoms with Crippen LogP contribution in [0, 0.1) is 0 Å². The number of fused-ring (bicyclic) bond motifs is 1. The van der Waals surface area contributed by atoms with Crippen LogP contribution < -0.4 is 16.0 Å². The molecule has 0 spiro atoms. The van der Waals surface area contributed by atoms with Crippen LogP contribution in [0.25, 0.3) is 11.3 Å². The van der Waals surface area contributed by atoms with Gasteiger partial charge >= 0.3 is 5.97 Å². The Morgan fingerprint density at radius 3 is 2.54 bits per heavy atom. The molecule has 8 heteroatoms. The van der Waals surface area contributed by atoms with Gasteiger partial charge in [-0.3, -0.25) is 14.5 Å². The quantitative estimate of drug-likeness (QED) is 0.295. The largest absolute Gasteiger partial charge is 0.481 e. The van der Waals surface area contributed by atoms with Gasteiger partial charge in [0.1, 0.15) is 0 Å². The Labute approximate surface area is 224 Å². The maximum atomic E-state index is 13.2. The number of anilines is 2. The van der Waals surface area contributed by atoms with Crippen molar-refractivity contribution in [1.82, 2.24) is 10.2 Å². The van der Waals surface area contributed by atoms with Gasteiger partial charge in [0.2, 0.25) is 0 Å². The topological polar surface area (TPSA) is 93.7 Å². The van der Waals surface area contributed by atoms with Gasteiger partial charge in [0.15, 0.2) is 0 Å². The summed E-state index contributed by atoms with van der Waals surface area (Å²) in [5, 5.41) is 19.0. The second-order valence-corrected chi connectivity index (χ2v) is 10.3. The Bertz CT molecular complexity index is 1350. The number of amides is 1. The highest BCUT2D eigenvalue weighted by Gasteiger charge is 2.28. The van der Waals surface area contributed by atoms with Crippen molar-refractivity contribution in [3.63, 3.8) is 0 Å². The van der Waals surface area contributed by atoms with Crippen LogP contribution in [-0.2, 0) is 22.6 Å². The number of carbonyl (C=O) groups excluding carboxylic acids is 1. The molecule has 0 aliphatic carbocycles. The fourth-order valence-corrected chi connectivity index (χ4v) is 5.13. The van der Waals surface area contributed by atoms with Crippen LogP contribution in [0.4, 0.5) is 11.4 Å². The highest BCUT2D eigenvalue weighted by Crippen LogP contribution is 2.39. The first kappa shape index (κ1) is 25.2. The summed E-state index contributed by atoms with van der Waals surface area (Å²) in [4.78, 5) is 26.8. The van der Waals surface area contributed by atoms with Crippen molar-refractivity contribution in [2.75, 3.05) is 36.8 Å². The Morgan fingerprint density at radius 1 is 1.00 bits per heavy atom. The van der Waals surface area contributed by atoms with Crippen LogP contribution in [-0.4, -0.2) is 48.1 Å². The van der Waals surface area contributed by atoms with Crippen molar-refractivity contribution in [3.8, 4) is 0 Å². The monoisotopic (exact) mass is 560 g/mol. The second kappa shape index (κ2) is 11.3. The van der Waals surface area contributed by atoms with Crippen LogP contribution in [0.15, 0.2) is 71.2 Å². The summed E-state index contributed by atoms with van der Waals surface area (Å²) < 4.78 is 0.887. The Hall–Kier alpha value is -3.46. The number of hydrogen-bond acceptors (Lipinski definition) is 5. The van der Waals surface area contributed by atoms with Gasteiger partial charge in [-0.15, -0.1) is 0 Å². The van der Waals surface area contributed by atoms with Crippen LogP contribution in [0.3, 0.4) is 0 Å². The number of carbonyl (C=O) groups is 2. The fourth-order valence-electron chi connectivity index (χ4n) is 4.77. The molecule has 2 aliphatic rings. The van der Waals surface area contributed by atoms with Gasteiger partial charge in [-0.25, -0.2) is 0 Å². The van der Waals surface area contributed by atoms with Gasteiger partial charge < -0.3 is 21.1 Å². The number of nitrogens with one attached hydrogen (secondary N) is 3. The third kappa shape index (κ3) is 6.10. The molecule has 4 N–H and O–H groups in total. The van der Waals surface area contributed by atoms with E-state index < -0.39 is 5.97 Å². The number of aryl methyl sites for hydroxylation is 1. The molecular weight excluding hydrogens is 532 g/mol. The molecule has 1 amide bonds. The second-order valence-electron chi connectivity index (χ2n) is 9.34. The molecule has 0 radical (unpaired) electrons. The van der Waals surface area contributed by atoms with Gasteiger partial charge in [0.25, 0.3) is 5.91 Å². The fraction of sp³-hybridized carbons (Fsp3) is 0.241. The number of carboxylic acids is 1. The summed E-state index contributed by atoms with van der Waals surface area (Å²) in [7, 11) is 0. The molecule has 1 saturated heterocycles. The first-order chi connectivity index (χ1) is 18.0. The van der Waals surface area contributed by atoms with Gasteiger partial charge in [-0.05, 0) is 53.4 Å². The normalized spacial score (nSPS) is 16.7. The van der Waals surface area contributed by atoms with Crippen molar-refractivity contribution < 1.29 is 14.7 Å². The van der Waals surface area contributed by atoms with Crippen LogP contribution in [0.1, 0.15) is 28.7 Å². The van der Waals surface area contributed by atoms with E-state index in [-0.39, 0.29) is 12.3 Å². The zero-order valence-electron chi connectivity index (χ0n) is 20.4. The maximum Gasteiger partial charge on any atom is 0.303 e. The molecule has 7 nitrogen and oxygen atoms in total. The van der Waals surface area contributed by atoms with Crippen LogP contribution >= 0.6 is 15.9 Å². The third-order valence-electron chi connectivity index (χ3n) is 6.66. The van der Waals surface area contributed by atoms with Crippen LogP contribution in [0.5, 0.6) is 0 Å². The smallest absolute Gasteiger partial charge is 0.303 e. The predicted molar refractivity (Wildman–Crippen MR) is 150 cm³/mol. The van der Waals surface area contributed by atoms with Gasteiger partial charge in [-0.2, -0.15) is 0 Å². The van der Waals surface area contributed by atoms with Crippen molar-refractivity contribution in [3.05, 3.63) is 93.5 Å². The molecule has 3 aromatic rings. The van der Waals surface area contributed by atoms with Crippen molar-refractivity contribution >= 4 is 50.5 Å². The van der Waals surface area contributed by atoms with E-state index in [1.54, 1.807) is 0 Å². The standard InChI is InChI=1S/C29H29BrN4O3/c30-22-7-10-24-25(17-22)33-29(37)27(24)28(21-3-1-2-19(16-21)6-11-26(35)36)32-23-8-4-20(5-9-23)18-34-14-12-31-13-15-34/h1-5,7-10,16-17,31-32H,6,11-15,18H2,(H,33,37)(H,35,36). The SMILES string of the molecule is O=C(O)CCc1cccc(C(Nc2ccc(CN3CCNCC3)cc2)=C2C(=O)Nc3cc(Br)ccc32)c1. The Balaban J connectivity index is 1.49. The number of rotatable bonds is 8. The number of hydrogen-bond donors (Lipinski definition) is 4. The lowest BCUT2D eigenvalue weighted by Crippen LogP contribution is -2.42. The maximum absolute atomic E-state index is 13.2. The average Bonchev–Trinajstić information content (AvgIpc) is 3.22. The van der Waals surface area contributed by atoms with E-state index in [0.717, 1.165) is 65.3 Å². The summed E-state index contributed by atoms with van der Waals surface area (Å²) in [5.74, 6) is -1.01. The van der Waals surface area contributed by atoms with Crippen molar-refractivity contribution in [2.45, 2.75) is 19.4 Å². The summed E-state index contributed by atoms with van der Waals surface area (Å²) in [6, 6.07) is 21.8. The Morgan fingerprint density at radius 2 is 1.78 bits per heavy atom. The Kier molecular flexibility index (Phi) is 7.69. The van der Waals surface area contributed by atoms with E-state index in [4.69, 9.17) is 5.11 Å². The molecule has 0 aromatic heterocycles. The first-order valence-corrected chi connectivity index (χ1v) is 13.2. The molecule has 3 aromatic carbocycles. The molecule has 0 atom stereocenters.